The summed E-state index contributed by atoms with van der Waals surface area (Å²) in [7, 11) is 0. The summed E-state index contributed by atoms with van der Waals surface area (Å²) in [5, 5.41) is 27.6. The van der Waals surface area contributed by atoms with Gasteiger partial charge in [0.1, 0.15) is 11.6 Å². The number of nitrogens with one attached hydrogen (secondary N) is 1. The predicted molar refractivity (Wildman–Crippen MR) is 102 cm³/mol. The highest BCUT2D eigenvalue weighted by atomic mass is 79.9. The Kier molecular flexibility index (Phi) is 5.20. The molecule has 146 valence electrons. The van der Waals surface area contributed by atoms with Gasteiger partial charge in [0.2, 0.25) is 0 Å². The Labute approximate surface area is 164 Å². The maximum Gasteiger partial charge on any atom is 0.413 e. The first kappa shape index (κ1) is 18.5. The number of hydrogen-bond donors (Lipinski definition) is 3. The van der Waals surface area contributed by atoms with Crippen molar-refractivity contribution in [1.82, 2.24) is 14.6 Å². The van der Waals surface area contributed by atoms with Crippen LogP contribution >= 0.6 is 15.9 Å². The van der Waals surface area contributed by atoms with E-state index in [1.54, 1.807) is 12.3 Å². The molecule has 3 heterocycles. The van der Waals surface area contributed by atoms with Crippen molar-refractivity contribution in [2.24, 2.45) is 5.92 Å². The molecule has 2 aromatic rings. The van der Waals surface area contributed by atoms with Gasteiger partial charge in [-0.2, -0.15) is 9.61 Å². The molecule has 0 aromatic carbocycles. The molecule has 1 saturated heterocycles. The second-order valence-electron chi connectivity index (χ2n) is 7.13. The number of ether oxygens (including phenoxy) is 1. The second kappa shape index (κ2) is 7.61. The van der Waals surface area contributed by atoms with Crippen molar-refractivity contribution in [1.29, 1.82) is 0 Å². The predicted octanol–water partition coefficient (Wildman–Crippen LogP) is 2.34. The van der Waals surface area contributed by atoms with E-state index in [0.717, 1.165) is 25.7 Å². The lowest BCUT2D eigenvalue weighted by atomic mass is 9.92. The molecule has 0 unspecified atom stereocenters. The number of carbonyl (C=O) groups is 1. The van der Waals surface area contributed by atoms with E-state index in [1.165, 1.54) is 9.42 Å². The molecule has 2 aromatic heterocycles. The van der Waals surface area contributed by atoms with Gasteiger partial charge in [-0.1, -0.05) is 12.8 Å². The average Bonchev–Trinajstić information content (AvgIpc) is 2.97. The summed E-state index contributed by atoms with van der Waals surface area (Å²) in [5.74, 6) is 1.11. The van der Waals surface area contributed by atoms with E-state index in [9.17, 15) is 15.0 Å². The monoisotopic (exact) mass is 439 g/mol. The van der Waals surface area contributed by atoms with Gasteiger partial charge in [-0.15, -0.1) is 0 Å². The Hall–Kier alpha value is -1.91. The van der Waals surface area contributed by atoms with Gasteiger partial charge >= 0.3 is 6.09 Å². The zero-order valence-corrected chi connectivity index (χ0v) is 16.3. The first-order valence-corrected chi connectivity index (χ1v) is 9.89. The van der Waals surface area contributed by atoms with Gasteiger partial charge in [0.25, 0.3) is 0 Å². The largest absolute Gasteiger partial charge is 0.465 e. The summed E-state index contributed by atoms with van der Waals surface area (Å²) in [6.45, 7) is 1.44. The fourth-order valence-electron chi connectivity index (χ4n) is 3.57. The molecule has 0 radical (unpaired) electrons. The molecule has 1 saturated carbocycles. The Morgan fingerprint density at radius 3 is 2.85 bits per heavy atom. The van der Waals surface area contributed by atoms with E-state index in [2.05, 4.69) is 31.3 Å². The SMILES string of the molecule is O=C(O)N(CC1COC1)c1cc(N[C@H]2CCCC[C@H]2O)nc2c(Br)cnn12. The minimum atomic E-state index is -1.05. The number of aliphatic hydroxyl groups excluding tert-OH is 1. The number of hydrogen-bond acceptors (Lipinski definition) is 6. The lowest BCUT2D eigenvalue weighted by molar-refractivity contribution is -0.0273. The van der Waals surface area contributed by atoms with Gasteiger partial charge < -0.3 is 20.3 Å². The highest BCUT2D eigenvalue weighted by Crippen LogP contribution is 2.28. The van der Waals surface area contributed by atoms with Gasteiger partial charge in [0.15, 0.2) is 5.65 Å². The molecule has 2 atom stereocenters. The molecule has 1 aliphatic heterocycles. The Balaban J connectivity index is 1.70. The van der Waals surface area contributed by atoms with Gasteiger partial charge in [-0.3, -0.25) is 4.90 Å². The fourth-order valence-corrected chi connectivity index (χ4v) is 3.92. The maximum atomic E-state index is 11.9. The lowest BCUT2D eigenvalue weighted by Crippen LogP contribution is -2.43. The summed E-state index contributed by atoms with van der Waals surface area (Å²) in [5.41, 5.74) is 0.524. The number of aliphatic hydroxyl groups is 1. The molecule has 2 aliphatic rings. The Morgan fingerprint density at radius 1 is 1.41 bits per heavy atom. The smallest absolute Gasteiger partial charge is 0.413 e. The number of anilines is 2. The van der Waals surface area contributed by atoms with Crippen LogP contribution in [0.2, 0.25) is 0 Å². The highest BCUT2D eigenvalue weighted by molar-refractivity contribution is 9.10. The average molecular weight is 440 g/mol. The molecule has 1 amide bonds. The van der Waals surface area contributed by atoms with Crippen LogP contribution in [0.15, 0.2) is 16.7 Å². The summed E-state index contributed by atoms with van der Waals surface area (Å²) in [6, 6.07) is 1.59. The third-order valence-corrected chi connectivity index (χ3v) is 5.69. The standard InChI is InChI=1S/C17H22BrN5O4/c18-11-6-19-23-15(22(17(25)26)7-10-8-27-9-10)5-14(21-16(11)23)20-12-3-1-2-4-13(12)24/h5-6,10,12-13,24H,1-4,7-9H2,(H,20,21)(H,25,26)/t12-,13+/m0/s1. The van der Waals surface area contributed by atoms with Crippen LogP contribution in [0.3, 0.4) is 0 Å². The minimum Gasteiger partial charge on any atom is -0.465 e. The molecule has 2 fully saturated rings. The van der Waals surface area contributed by atoms with E-state index >= 15 is 0 Å². The summed E-state index contributed by atoms with van der Waals surface area (Å²) in [6.07, 6.45) is 3.78. The van der Waals surface area contributed by atoms with Crippen LogP contribution in [-0.4, -0.2) is 62.8 Å². The fraction of sp³-hybridized carbons (Fsp3) is 0.588. The summed E-state index contributed by atoms with van der Waals surface area (Å²) >= 11 is 3.43. The van der Waals surface area contributed by atoms with Gasteiger partial charge in [-0.05, 0) is 28.8 Å². The van der Waals surface area contributed by atoms with Crippen LogP contribution in [0.5, 0.6) is 0 Å². The van der Waals surface area contributed by atoms with Gasteiger partial charge in [0.05, 0.1) is 36.0 Å². The molecular weight excluding hydrogens is 418 g/mol. The number of rotatable bonds is 5. The van der Waals surface area contributed by atoms with E-state index in [1.807, 2.05) is 0 Å². The first-order chi connectivity index (χ1) is 13.0. The third kappa shape index (κ3) is 3.74. The number of amides is 1. The number of nitrogens with zero attached hydrogens (tertiary/aromatic N) is 4. The molecule has 27 heavy (non-hydrogen) atoms. The van der Waals surface area contributed by atoms with Crippen molar-refractivity contribution >= 4 is 39.3 Å². The Bertz CT molecular complexity index is 840. The molecule has 0 bridgehead atoms. The van der Waals surface area contributed by atoms with Gasteiger partial charge in [0, 0.05) is 18.5 Å². The minimum absolute atomic E-state index is 0.0958. The van der Waals surface area contributed by atoms with Crippen LogP contribution in [0.25, 0.3) is 5.65 Å². The van der Waals surface area contributed by atoms with Crippen molar-refractivity contribution in [2.45, 2.75) is 37.8 Å². The molecule has 1 aliphatic carbocycles. The highest BCUT2D eigenvalue weighted by Gasteiger charge is 2.29. The lowest BCUT2D eigenvalue weighted by Gasteiger charge is -2.31. The van der Waals surface area contributed by atoms with Crippen molar-refractivity contribution in [3.63, 3.8) is 0 Å². The van der Waals surface area contributed by atoms with Crippen LogP contribution in [0.1, 0.15) is 25.7 Å². The van der Waals surface area contributed by atoms with Crippen LogP contribution < -0.4 is 10.2 Å². The summed E-state index contributed by atoms with van der Waals surface area (Å²) in [4.78, 5) is 17.8. The molecule has 4 rings (SSSR count). The number of fused-ring (bicyclic) bond motifs is 1. The number of halogens is 1. The molecule has 0 spiro atoms. The first-order valence-electron chi connectivity index (χ1n) is 9.10. The van der Waals surface area contributed by atoms with E-state index in [-0.39, 0.29) is 12.0 Å². The number of carboxylic acid groups (broad SMARTS) is 1. The normalized spacial score (nSPS) is 23.2. The van der Waals surface area contributed by atoms with Crippen LogP contribution in [0, 0.1) is 5.92 Å². The molecular formula is C17H22BrN5O4. The number of aromatic nitrogens is 3. The van der Waals surface area contributed by atoms with Crippen molar-refractivity contribution < 1.29 is 19.7 Å². The van der Waals surface area contributed by atoms with E-state index < -0.39 is 12.2 Å². The zero-order chi connectivity index (χ0) is 19.0. The molecule has 10 heteroatoms. The second-order valence-corrected chi connectivity index (χ2v) is 7.98. The molecule has 9 nitrogen and oxygen atoms in total. The maximum absolute atomic E-state index is 11.9. The third-order valence-electron chi connectivity index (χ3n) is 5.13. The quantitative estimate of drug-likeness (QED) is 0.654. The summed E-state index contributed by atoms with van der Waals surface area (Å²) < 4.78 is 7.37. The Morgan fingerprint density at radius 2 is 2.19 bits per heavy atom. The van der Waals surface area contributed by atoms with Crippen LogP contribution in [0.4, 0.5) is 16.4 Å². The van der Waals surface area contributed by atoms with E-state index in [4.69, 9.17) is 4.74 Å². The van der Waals surface area contributed by atoms with E-state index in [0.29, 0.717) is 41.5 Å². The van der Waals surface area contributed by atoms with Gasteiger partial charge in [-0.25, -0.2) is 9.78 Å². The topological polar surface area (TPSA) is 112 Å². The molecule has 3 N–H and O–H groups in total. The zero-order valence-electron chi connectivity index (χ0n) is 14.7. The van der Waals surface area contributed by atoms with Crippen LogP contribution in [-0.2, 0) is 4.74 Å². The van der Waals surface area contributed by atoms with Crippen molar-refractivity contribution in [3.05, 3.63) is 16.7 Å². The van der Waals surface area contributed by atoms with Crippen molar-refractivity contribution in [2.75, 3.05) is 30.0 Å². The van der Waals surface area contributed by atoms with Crippen molar-refractivity contribution in [3.8, 4) is 0 Å².